The molecule has 0 unspecified atom stereocenters. The van der Waals surface area contributed by atoms with Crippen molar-refractivity contribution >= 4 is 21.4 Å². The van der Waals surface area contributed by atoms with Crippen molar-refractivity contribution in [2.75, 3.05) is 10.5 Å². The van der Waals surface area contributed by atoms with Gasteiger partial charge in [-0.05, 0) is 42.2 Å². The number of hydrogen-bond acceptors (Lipinski definition) is 3. The molecule has 0 aliphatic heterocycles. The van der Waals surface area contributed by atoms with Gasteiger partial charge in [0, 0.05) is 5.69 Å². The van der Waals surface area contributed by atoms with E-state index in [1.54, 1.807) is 12.1 Å². The lowest BCUT2D eigenvalue weighted by atomic mass is 9.99. The average Bonchev–Trinajstić information content (AvgIpc) is 2.40. The fraction of sp³-hybridized carbons (Fsp3) is 0.250. The average molecular weight is 304 g/mol. The van der Waals surface area contributed by atoms with Crippen molar-refractivity contribution in [1.29, 1.82) is 0 Å². The third-order valence-electron chi connectivity index (χ3n) is 3.33. The highest BCUT2D eigenvalue weighted by molar-refractivity contribution is 7.92. The second kappa shape index (κ2) is 5.77. The van der Waals surface area contributed by atoms with E-state index < -0.39 is 10.0 Å². The SMILES string of the molecule is Cc1cccc(C(C)C)c1NS(=O)(=O)c1cccc(N)c1. The zero-order valence-electron chi connectivity index (χ0n) is 12.4. The number of para-hydroxylation sites is 1. The zero-order valence-corrected chi connectivity index (χ0v) is 13.2. The van der Waals surface area contributed by atoms with Crippen LogP contribution in [-0.2, 0) is 10.0 Å². The van der Waals surface area contributed by atoms with Gasteiger partial charge in [0.2, 0.25) is 0 Å². The molecule has 112 valence electrons. The maximum Gasteiger partial charge on any atom is 0.261 e. The lowest BCUT2D eigenvalue weighted by molar-refractivity contribution is 0.601. The molecule has 0 amide bonds. The smallest absolute Gasteiger partial charge is 0.261 e. The molecule has 0 spiro atoms. The summed E-state index contributed by atoms with van der Waals surface area (Å²) in [6, 6.07) is 12.0. The van der Waals surface area contributed by atoms with E-state index in [4.69, 9.17) is 5.73 Å². The zero-order chi connectivity index (χ0) is 15.6. The summed E-state index contributed by atoms with van der Waals surface area (Å²) in [5, 5.41) is 0. The lowest BCUT2D eigenvalue weighted by Crippen LogP contribution is -2.15. The summed E-state index contributed by atoms with van der Waals surface area (Å²) in [5.41, 5.74) is 8.61. The summed E-state index contributed by atoms with van der Waals surface area (Å²) in [5.74, 6) is 0.225. The normalized spacial score (nSPS) is 11.6. The van der Waals surface area contributed by atoms with Crippen LogP contribution in [0.3, 0.4) is 0 Å². The Bertz CT molecular complexity index is 753. The van der Waals surface area contributed by atoms with E-state index in [2.05, 4.69) is 4.72 Å². The van der Waals surface area contributed by atoms with Crippen molar-refractivity contribution in [3.63, 3.8) is 0 Å². The molecule has 0 saturated carbocycles. The number of anilines is 2. The Labute approximate surface area is 126 Å². The van der Waals surface area contributed by atoms with Crippen LogP contribution in [0.5, 0.6) is 0 Å². The van der Waals surface area contributed by atoms with Gasteiger partial charge in [0.15, 0.2) is 0 Å². The van der Waals surface area contributed by atoms with Crippen molar-refractivity contribution in [1.82, 2.24) is 0 Å². The summed E-state index contributed by atoms with van der Waals surface area (Å²) in [4.78, 5) is 0.167. The van der Waals surface area contributed by atoms with Crippen LogP contribution >= 0.6 is 0 Å². The van der Waals surface area contributed by atoms with E-state index in [0.29, 0.717) is 11.4 Å². The largest absolute Gasteiger partial charge is 0.399 e. The maximum atomic E-state index is 12.5. The fourth-order valence-electron chi connectivity index (χ4n) is 2.19. The molecule has 0 atom stereocenters. The highest BCUT2D eigenvalue weighted by Gasteiger charge is 2.18. The molecule has 0 radical (unpaired) electrons. The van der Waals surface area contributed by atoms with Crippen LogP contribution in [0.15, 0.2) is 47.4 Å². The van der Waals surface area contributed by atoms with Crippen LogP contribution in [0.4, 0.5) is 11.4 Å². The van der Waals surface area contributed by atoms with Gasteiger partial charge in [-0.2, -0.15) is 0 Å². The first-order valence-electron chi connectivity index (χ1n) is 6.79. The minimum atomic E-state index is -3.64. The summed E-state index contributed by atoms with van der Waals surface area (Å²) < 4.78 is 27.7. The number of nitrogens with one attached hydrogen (secondary N) is 1. The van der Waals surface area contributed by atoms with Gasteiger partial charge in [-0.15, -0.1) is 0 Å². The van der Waals surface area contributed by atoms with Gasteiger partial charge < -0.3 is 5.73 Å². The van der Waals surface area contributed by atoms with E-state index in [-0.39, 0.29) is 10.8 Å². The molecule has 0 heterocycles. The topological polar surface area (TPSA) is 72.2 Å². The molecule has 0 saturated heterocycles. The second-order valence-electron chi connectivity index (χ2n) is 5.37. The van der Waals surface area contributed by atoms with Crippen molar-refractivity contribution < 1.29 is 8.42 Å². The van der Waals surface area contributed by atoms with E-state index in [9.17, 15) is 8.42 Å². The van der Waals surface area contributed by atoms with Crippen LogP contribution < -0.4 is 10.5 Å². The molecule has 4 nitrogen and oxygen atoms in total. The van der Waals surface area contributed by atoms with E-state index in [1.165, 1.54) is 12.1 Å². The number of sulfonamides is 1. The Morgan fingerprint density at radius 2 is 1.76 bits per heavy atom. The summed E-state index contributed by atoms with van der Waals surface area (Å²) in [6.45, 7) is 5.96. The minimum absolute atomic E-state index is 0.167. The first kappa shape index (κ1) is 15.4. The first-order chi connectivity index (χ1) is 9.81. The Hall–Kier alpha value is -2.01. The van der Waals surface area contributed by atoms with Gasteiger partial charge in [0.05, 0.1) is 10.6 Å². The van der Waals surface area contributed by atoms with Gasteiger partial charge in [-0.25, -0.2) is 8.42 Å². The van der Waals surface area contributed by atoms with Crippen molar-refractivity contribution in [3.05, 3.63) is 53.6 Å². The number of aryl methyl sites for hydroxylation is 1. The van der Waals surface area contributed by atoms with Gasteiger partial charge >= 0.3 is 0 Å². The van der Waals surface area contributed by atoms with E-state index in [0.717, 1.165) is 11.1 Å². The molecule has 0 aromatic heterocycles. The van der Waals surface area contributed by atoms with Crippen molar-refractivity contribution in [3.8, 4) is 0 Å². The Morgan fingerprint density at radius 3 is 2.38 bits per heavy atom. The molecule has 2 rings (SSSR count). The molecule has 0 aliphatic carbocycles. The molecule has 5 heteroatoms. The number of benzene rings is 2. The minimum Gasteiger partial charge on any atom is -0.399 e. The Kier molecular flexibility index (Phi) is 4.23. The number of rotatable bonds is 4. The van der Waals surface area contributed by atoms with E-state index >= 15 is 0 Å². The van der Waals surface area contributed by atoms with Crippen LogP contribution in [0.2, 0.25) is 0 Å². The number of nitrogen functional groups attached to an aromatic ring is 1. The van der Waals surface area contributed by atoms with Gasteiger partial charge in [0.1, 0.15) is 0 Å². The van der Waals surface area contributed by atoms with Gasteiger partial charge in [-0.3, -0.25) is 4.72 Å². The van der Waals surface area contributed by atoms with E-state index in [1.807, 2.05) is 39.0 Å². The highest BCUT2D eigenvalue weighted by Crippen LogP contribution is 2.29. The maximum absolute atomic E-state index is 12.5. The first-order valence-corrected chi connectivity index (χ1v) is 8.27. The molecule has 2 aromatic carbocycles. The summed E-state index contributed by atoms with van der Waals surface area (Å²) in [6.07, 6.45) is 0. The van der Waals surface area contributed by atoms with Crippen LogP contribution in [0, 0.1) is 6.92 Å². The van der Waals surface area contributed by atoms with Crippen molar-refractivity contribution in [2.24, 2.45) is 0 Å². The third-order valence-corrected chi connectivity index (χ3v) is 4.68. The molecule has 0 fully saturated rings. The Balaban J connectivity index is 2.47. The monoisotopic (exact) mass is 304 g/mol. The fourth-order valence-corrected chi connectivity index (χ4v) is 3.40. The second-order valence-corrected chi connectivity index (χ2v) is 7.05. The highest BCUT2D eigenvalue weighted by atomic mass is 32.2. The van der Waals surface area contributed by atoms with Gasteiger partial charge in [-0.1, -0.05) is 38.1 Å². The van der Waals surface area contributed by atoms with Crippen LogP contribution in [0.25, 0.3) is 0 Å². The number of hydrogen-bond donors (Lipinski definition) is 2. The quantitative estimate of drug-likeness (QED) is 0.849. The molecular weight excluding hydrogens is 284 g/mol. The van der Waals surface area contributed by atoms with Crippen LogP contribution in [-0.4, -0.2) is 8.42 Å². The van der Waals surface area contributed by atoms with Crippen LogP contribution in [0.1, 0.15) is 30.9 Å². The summed E-state index contributed by atoms with van der Waals surface area (Å²) >= 11 is 0. The molecule has 3 N–H and O–H groups in total. The standard InChI is InChI=1S/C16H20N2O2S/c1-11(2)15-9-4-6-12(3)16(15)18-21(19,20)14-8-5-7-13(17)10-14/h4-11,18H,17H2,1-3H3. The predicted molar refractivity (Wildman–Crippen MR) is 86.9 cm³/mol. The van der Waals surface area contributed by atoms with Crippen molar-refractivity contribution in [2.45, 2.75) is 31.6 Å². The molecule has 0 bridgehead atoms. The molecule has 0 aliphatic rings. The molecular formula is C16H20N2O2S. The number of nitrogens with two attached hydrogens (primary N) is 1. The summed E-state index contributed by atoms with van der Waals surface area (Å²) in [7, 11) is -3.64. The molecule has 21 heavy (non-hydrogen) atoms. The predicted octanol–water partition coefficient (Wildman–Crippen LogP) is 3.50. The lowest BCUT2D eigenvalue weighted by Gasteiger charge is -2.17. The van der Waals surface area contributed by atoms with Gasteiger partial charge in [0.25, 0.3) is 10.0 Å². The molecule has 2 aromatic rings. The Morgan fingerprint density at radius 1 is 1.10 bits per heavy atom. The third kappa shape index (κ3) is 3.36.